The Labute approximate surface area is 224 Å². The van der Waals surface area contributed by atoms with Crippen molar-refractivity contribution >= 4 is 39.9 Å². The molecule has 0 spiro atoms. The Bertz CT molecular complexity index is 1390. The van der Waals surface area contributed by atoms with Gasteiger partial charge in [0, 0.05) is 11.1 Å². The van der Waals surface area contributed by atoms with Gasteiger partial charge in [0.1, 0.15) is 28.2 Å². The summed E-state index contributed by atoms with van der Waals surface area (Å²) in [5, 5.41) is 11.5. The lowest BCUT2D eigenvalue weighted by molar-refractivity contribution is -0.132. The summed E-state index contributed by atoms with van der Waals surface area (Å²) in [6.45, 7) is 4.26. The summed E-state index contributed by atoms with van der Waals surface area (Å²) in [6.07, 6.45) is 1.92. The first kappa shape index (κ1) is 26.9. The Balaban J connectivity index is 1.86. The molecule has 0 saturated carbocycles. The van der Waals surface area contributed by atoms with E-state index in [1.807, 2.05) is 0 Å². The van der Waals surface area contributed by atoms with Gasteiger partial charge in [-0.1, -0.05) is 42.9 Å². The number of rotatable bonds is 9. The largest absolute Gasteiger partial charge is 0.507 e. The molecule has 2 aromatic carbocycles. The van der Waals surface area contributed by atoms with Gasteiger partial charge in [-0.3, -0.25) is 14.5 Å². The SMILES string of the molecule is CCCCOc1ccc(/C(O)=C2\C(=O)C(=O)N(c3nc(C)c(C(=O)OC)s3)C2c2ccccc2OC)cc1. The lowest BCUT2D eigenvalue weighted by Crippen LogP contribution is -2.29. The van der Waals surface area contributed by atoms with E-state index in [2.05, 4.69) is 11.9 Å². The molecule has 38 heavy (non-hydrogen) atoms. The summed E-state index contributed by atoms with van der Waals surface area (Å²) in [6, 6.07) is 12.5. The van der Waals surface area contributed by atoms with Crippen LogP contribution in [-0.4, -0.2) is 48.6 Å². The topological polar surface area (TPSA) is 115 Å². The number of hydrogen-bond acceptors (Lipinski definition) is 9. The van der Waals surface area contributed by atoms with E-state index < -0.39 is 23.7 Å². The number of benzene rings is 2. The number of carbonyl (C=O) groups is 3. The number of anilines is 1. The third-order valence-electron chi connectivity index (χ3n) is 6.13. The third kappa shape index (κ3) is 4.99. The van der Waals surface area contributed by atoms with Gasteiger partial charge in [-0.05, 0) is 43.7 Å². The number of nitrogens with zero attached hydrogens (tertiary/aromatic N) is 2. The maximum absolute atomic E-state index is 13.4. The van der Waals surface area contributed by atoms with E-state index >= 15 is 0 Å². The highest BCUT2D eigenvalue weighted by Gasteiger charge is 2.49. The van der Waals surface area contributed by atoms with Crippen LogP contribution in [0.2, 0.25) is 0 Å². The molecule has 1 atom stereocenters. The van der Waals surface area contributed by atoms with Crippen LogP contribution >= 0.6 is 11.3 Å². The number of methoxy groups -OCH3 is 2. The van der Waals surface area contributed by atoms with Gasteiger partial charge in [0.05, 0.1) is 32.1 Å². The van der Waals surface area contributed by atoms with Gasteiger partial charge in [-0.25, -0.2) is 9.78 Å². The van der Waals surface area contributed by atoms with Crippen LogP contribution in [0, 0.1) is 6.92 Å². The van der Waals surface area contributed by atoms with Crippen LogP contribution in [0.4, 0.5) is 5.13 Å². The molecule has 1 unspecified atom stereocenters. The Morgan fingerprint density at radius 2 is 1.82 bits per heavy atom. The molecule has 3 aromatic rings. The number of carbonyl (C=O) groups excluding carboxylic acids is 3. The number of para-hydroxylation sites is 1. The molecule has 1 aliphatic rings. The number of aliphatic hydroxyl groups excluding tert-OH is 1. The second-order valence-electron chi connectivity index (χ2n) is 8.54. The van der Waals surface area contributed by atoms with Crippen LogP contribution in [0.5, 0.6) is 11.5 Å². The maximum Gasteiger partial charge on any atom is 0.350 e. The summed E-state index contributed by atoms with van der Waals surface area (Å²) >= 11 is 0.934. The number of ketones is 1. The number of ether oxygens (including phenoxy) is 3. The first-order valence-electron chi connectivity index (χ1n) is 12.0. The number of esters is 1. The summed E-state index contributed by atoms with van der Waals surface area (Å²) in [5.41, 5.74) is 1.06. The van der Waals surface area contributed by atoms with Crippen molar-refractivity contribution in [2.24, 2.45) is 0 Å². The molecule has 1 fully saturated rings. The second-order valence-corrected chi connectivity index (χ2v) is 9.52. The molecule has 1 N–H and O–H groups in total. The van der Waals surface area contributed by atoms with E-state index in [-0.39, 0.29) is 21.3 Å². The average molecular weight is 537 g/mol. The number of amides is 1. The minimum absolute atomic E-state index is 0.119. The van der Waals surface area contributed by atoms with Crippen molar-refractivity contribution < 1.29 is 33.7 Å². The van der Waals surface area contributed by atoms with Crippen molar-refractivity contribution in [3.05, 3.63) is 75.8 Å². The molecule has 0 aliphatic carbocycles. The summed E-state index contributed by atoms with van der Waals surface area (Å²) < 4.78 is 16.1. The minimum atomic E-state index is -1.05. The molecule has 10 heteroatoms. The van der Waals surface area contributed by atoms with Gasteiger partial charge in [0.15, 0.2) is 5.13 Å². The zero-order valence-electron chi connectivity index (χ0n) is 21.5. The fourth-order valence-corrected chi connectivity index (χ4v) is 5.19. The maximum atomic E-state index is 13.4. The molecule has 1 amide bonds. The van der Waals surface area contributed by atoms with Crippen molar-refractivity contribution in [2.75, 3.05) is 25.7 Å². The van der Waals surface area contributed by atoms with Crippen LogP contribution in [-0.2, 0) is 14.3 Å². The highest BCUT2D eigenvalue weighted by molar-refractivity contribution is 7.17. The normalized spacial score (nSPS) is 16.5. The number of thiazole rings is 1. The van der Waals surface area contributed by atoms with E-state index in [1.54, 1.807) is 55.5 Å². The molecule has 4 rings (SSSR count). The number of hydrogen-bond donors (Lipinski definition) is 1. The highest BCUT2D eigenvalue weighted by atomic mass is 32.1. The van der Waals surface area contributed by atoms with Crippen LogP contribution in [0.3, 0.4) is 0 Å². The van der Waals surface area contributed by atoms with E-state index in [0.29, 0.717) is 34.9 Å². The number of Topliss-reactive ketones (excluding diaryl/α,β-unsaturated/α-hetero) is 1. The van der Waals surface area contributed by atoms with Gasteiger partial charge >= 0.3 is 11.9 Å². The number of unbranched alkanes of at least 4 members (excludes halogenated alkanes) is 1. The first-order valence-corrected chi connectivity index (χ1v) is 12.9. The van der Waals surface area contributed by atoms with Crippen LogP contribution in [0.15, 0.2) is 54.1 Å². The van der Waals surface area contributed by atoms with Crippen molar-refractivity contribution in [3.8, 4) is 11.5 Å². The van der Waals surface area contributed by atoms with Gasteiger partial charge in [-0.2, -0.15) is 0 Å². The van der Waals surface area contributed by atoms with Crippen molar-refractivity contribution in [1.82, 2.24) is 4.98 Å². The zero-order chi connectivity index (χ0) is 27.4. The summed E-state index contributed by atoms with van der Waals surface area (Å²) in [7, 11) is 2.73. The van der Waals surface area contributed by atoms with Gasteiger partial charge in [0.2, 0.25) is 0 Å². The summed E-state index contributed by atoms with van der Waals surface area (Å²) in [4.78, 5) is 44.9. The quantitative estimate of drug-likeness (QED) is 0.133. The monoisotopic (exact) mass is 536 g/mol. The smallest absolute Gasteiger partial charge is 0.350 e. The van der Waals surface area contributed by atoms with E-state index in [0.717, 1.165) is 24.2 Å². The molecule has 1 aromatic heterocycles. The number of aromatic nitrogens is 1. The van der Waals surface area contributed by atoms with Crippen LogP contribution in [0.25, 0.3) is 5.76 Å². The molecule has 2 heterocycles. The van der Waals surface area contributed by atoms with Crippen molar-refractivity contribution in [3.63, 3.8) is 0 Å². The molecule has 9 nitrogen and oxygen atoms in total. The number of aliphatic hydroxyl groups is 1. The van der Waals surface area contributed by atoms with Crippen LogP contribution in [0.1, 0.15) is 52.3 Å². The molecule has 1 aliphatic heterocycles. The van der Waals surface area contributed by atoms with Crippen LogP contribution < -0.4 is 14.4 Å². The predicted molar refractivity (Wildman–Crippen MR) is 143 cm³/mol. The summed E-state index contributed by atoms with van der Waals surface area (Å²) in [5.74, 6) is -1.66. The standard InChI is InChI=1S/C28H28N2O7S/c1-5-6-15-37-18-13-11-17(12-14-18)23(31)21-22(19-9-7-8-10-20(19)35-3)30(26(33)24(21)32)28-29-16(2)25(38-28)27(34)36-4/h7-14,22,31H,5-6,15H2,1-4H3/b23-21+. The third-order valence-corrected chi connectivity index (χ3v) is 7.27. The van der Waals surface area contributed by atoms with E-state index in [1.165, 1.54) is 19.1 Å². The molecular formula is C28H28N2O7S. The Hall–Kier alpha value is -4.18. The van der Waals surface area contributed by atoms with Gasteiger partial charge in [-0.15, -0.1) is 0 Å². The molecular weight excluding hydrogens is 508 g/mol. The van der Waals surface area contributed by atoms with Gasteiger partial charge < -0.3 is 19.3 Å². The Morgan fingerprint density at radius 1 is 1.11 bits per heavy atom. The Morgan fingerprint density at radius 3 is 2.47 bits per heavy atom. The first-order chi connectivity index (χ1) is 18.3. The van der Waals surface area contributed by atoms with Crippen molar-refractivity contribution in [2.45, 2.75) is 32.7 Å². The average Bonchev–Trinajstić information content (AvgIpc) is 3.44. The van der Waals surface area contributed by atoms with E-state index in [9.17, 15) is 19.5 Å². The lowest BCUT2D eigenvalue weighted by atomic mass is 9.94. The second kappa shape index (κ2) is 11.5. The minimum Gasteiger partial charge on any atom is -0.507 e. The van der Waals surface area contributed by atoms with Crippen molar-refractivity contribution in [1.29, 1.82) is 0 Å². The molecule has 1 saturated heterocycles. The molecule has 198 valence electrons. The fourth-order valence-electron chi connectivity index (χ4n) is 4.18. The lowest BCUT2D eigenvalue weighted by Gasteiger charge is -2.24. The molecule has 0 radical (unpaired) electrons. The fraction of sp³-hybridized carbons (Fsp3) is 0.286. The van der Waals surface area contributed by atoms with E-state index in [4.69, 9.17) is 14.2 Å². The highest BCUT2D eigenvalue weighted by Crippen LogP contribution is 2.46. The Kier molecular flexibility index (Phi) is 8.11. The zero-order valence-corrected chi connectivity index (χ0v) is 22.3. The molecule has 0 bridgehead atoms. The number of aryl methyl sites for hydroxylation is 1. The predicted octanol–water partition coefficient (Wildman–Crippen LogP) is 5.05. The van der Waals surface area contributed by atoms with Gasteiger partial charge in [0.25, 0.3) is 5.78 Å².